The van der Waals surface area contributed by atoms with E-state index < -0.39 is 0 Å². The Morgan fingerprint density at radius 2 is 1.88 bits per heavy atom. The maximum atomic E-state index is 4.37. The maximum Gasteiger partial charge on any atom is 0.161 e. The van der Waals surface area contributed by atoms with Crippen LogP contribution in [0.4, 0.5) is 0 Å². The van der Waals surface area contributed by atoms with E-state index in [-0.39, 0.29) is 0 Å². The molecule has 0 atom stereocenters. The molecular formula is C13H8N4. The molecular weight excluding hydrogens is 212 g/mol. The third-order valence-corrected chi connectivity index (χ3v) is 3.01. The fourth-order valence-electron chi connectivity index (χ4n) is 2.22. The van der Waals surface area contributed by atoms with E-state index in [1.165, 1.54) is 0 Å². The van der Waals surface area contributed by atoms with Crippen molar-refractivity contribution in [2.45, 2.75) is 0 Å². The zero-order valence-electron chi connectivity index (χ0n) is 8.88. The van der Waals surface area contributed by atoms with Gasteiger partial charge in [-0.3, -0.25) is 4.98 Å². The zero-order valence-corrected chi connectivity index (χ0v) is 8.88. The standard InChI is InChI=1S/C13H8N4/c1-2-8-12-10(7-16-13(8)15-4-1)9-6-14-5-3-11(9)17-12/h1-7,17H. The van der Waals surface area contributed by atoms with Gasteiger partial charge in [0.15, 0.2) is 5.65 Å². The van der Waals surface area contributed by atoms with Crippen LogP contribution in [0.25, 0.3) is 32.8 Å². The van der Waals surface area contributed by atoms with E-state index >= 15 is 0 Å². The fourth-order valence-corrected chi connectivity index (χ4v) is 2.22. The quantitative estimate of drug-likeness (QED) is 0.495. The van der Waals surface area contributed by atoms with Crippen molar-refractivity contribution in [2.24, 2.45) is 0 Å². The minimum atomic E-state index is 0.763. The highest BCUT2D eigenvalue weighted by molar-refractivity contribution is 6.14. The predicted molar refractivity (Wildman–Crippen MR) is 66.7 cm³/mol. The van der Waals surface area contributed by atoms with Crippen molar-refractivity contribution in [1.29, 1.82) is 0 Å². The van der Waals surface area contributed by atoms with Crippen LogP contribution in [0.3, 0.4) is 0 Å². The summed E-state index contributed by atoms with van der Waals surface area (Å²) in [4.78, 5) is 16.2. The van der Waals surface area contributed by atoms with Gasteiger partial charge in [0.05, 0.1) is 5.52 Å². The van der Waals surface area contributed by atoms with Crippen LogP contribution in [0, 0.1) is 0 Å². The molecule has 1 N–H and O–H groups in total. The minimum absolute atomic E-state index is 0.763. The number of fused-ring (bicyclic) bond motifs is 5. The molecule has 4 aromatic rings. The van der Waals surface area contributed by atoms with Gasteiger partial charge >= 0.3 is 0 Å². The molecule has 0 radical (unpaired) electrons. The summed E-state index contributed by atoms with van der Waals surface area (Å²) in [5, 5.41) is 3.23. The van der Waals surface area contributed by atoms with Crippen LogP contribution in [0.1, 0.15) is 0 Å². The van der Waals surface area contributed by atoms with Crippen LogP contribution in [-0.2, 0) is 0 Å². The van der Waals surface area contributed by atoms with Gasteiger partial charge in [-0.05, 0) is 18.2 Å². The second kappa shape index (κ2) is 3.01. The van der Waals surface area contributed by atoms with E-state index in [2.05, 4.69) is 19.9 Å². The van der Waals surface area contributed by atoms with Crippen LogP contribution in [0.15, 0.2) is 43.0 Å². The first-order chi connectivity index (χ1) is 8.43. The van der Waals surface area contributed by atoms with Gasteiger partial charge < -0.3 is 4.98 Å². The van der Waals surface area contributed by atoms with E-state index in [0.717, 1.165) is 32.8 Å². The lowest BCUT2D eigenvalue weighted by Crippen LogP contribution is -1.83. The molecule has 0 spiro atoms. The Morgan fingerprint density at radius 3 is 2.88 bits per heavy atom. The summed E-state index contributed by atoms with van der Waals surface area (Å²) in [6.45, 7) is 0. The summed E-state index contributed by atoms with van der Waals surface area (Å²) in [7, 11) is 0. The topological polar surface area (TPSA) is 54.5 Å². The van der Waals surface area contributed by atoms with Crippen molar-refractivity contribution in [3.63, 3.8) is 0 Å². The lowest BCUT2D eigenvalue weighted by atomic mass is 10.2. The lowest BCUT2D eigenvalue weighted by Gasteiger charge is -1.96. The highest BCUT2D eigenvalue weighted by Crippen LogP contribution is 2.28. The van der Waals surface area contributed by atoms with Crippen molar-refractivity contribution < 1.29 is 0 Å². The highest BCUT2D eigenvalue weighted by Gasteiger charge is 2.08. The van der Waals surface area contributed by atoms with Crippen LogP contribution in [0.5, 0.6) is 0 Å². The molecule has 0 saturated heterocycles. The molecule has 0 bridgehead atoms. The van der Waals surface area contributed by atoms with Gasteiger partial charge in [-0.1, -0.05) is 0 Å². The van der Waals surface area contributed by atoms with Gasteiger partial charge in [-0.2, -0.15) is 0 Å². The Hall–Kier alpha value is -2.49. The van der Waals surface area contributed by atoms with E-state index in [1.54, 1.807) is 12.4 Å². The van der Waals surface area contributed by atoms with Gasteiger partial charge in [0.2, 0.25) is 0 Å². The number of aromatic nitrogens is 4. The van der Waals surface area contributed by atoms with Crippen LogP contribution < -0.4 is 0 Å². The molecule has 4 aromatic heterocycles. The average Bonchev–Trinajstić information content (AvgIpc) is 2.78. The molecule has 4 rings (SSSR count). The third kappa shape index (κ3) is 1.09. The summed E-state index contributed by atoms with van der Waals surface area (Å²) < 4.78 is 0. The first-order valence-corrected chi connectivity index (χ1v) is 5.38. The largest absolute Gasteiger partial charge is 0.354 e. The van der Waals surface area contributed by atoms with Crippen molar-refractivity contribution in [2.75, 3.05) is 0 Å². The number of rotatable bonds is 0. The molecule has 0 aliphatic rings. The van der Waals surface area contributed by atoms with Gasteiger partial charge in [0, 0.05) is 46.5 Å². The molecule has 0 aliphatic heterocycles. The Bertz CT molecular complexity index is 848. The maximum absolute atomic E-state index is 4.37. The summed E-state index contributed by atoms with van der Waals surface area (Å²) in [5.41, 5.74) is 2.92. The Labute approximate surface area is 96.3 Å². The molecule has 4 nitrogen and oxygen atoms in total. The number of H-pyrrole nitrogens is 1. The number of hydrogen-bond donors (Lipinski definition) is 1. The van der Waals surface area contributed by atoms with Crippen molar-refractivity contribution in [1.82, 2.24) is 19.9 Å². The summed E-state index contributed by atoms with van der Waals surface area (Å²) >= 11 is 0. The first kappa shape index (κ1) is 8.64. The second-order valence-corrected chi connectivity index (χ2v) is 3.97. The van der Waals surface area contributed by atoms with E-state index in [1.807, 2.05) is 30.6 Å². The molecule has 0 unspecified atom stereocenters. The molecule has 4 heteroatoms. The van der Waals surface area contributed by atoms with Crippen molar-refractivity contribution >= 4 is 32.8 Å². The van der Waals surface area contributed by atoms with Crippen LogP contribution in [-0.4, -0.2) is 19.9 Å². The van der Waals surface area contributed by atoms with Crippen LogP contribution in [0.2, 0.25) is 0 Å². The number of hydrogen-bond acceptors (Lipinski definition) is 3. The van der Waals surface area contributed by atoms with Gasteiger partial charge in [0.1, 0.15) is 0 Å². The van der Waals surface area contributed by atoms with Crippen LogP contribution >= 0.6 is 0 Å². The number of pyridine rings is 3. The molecule has 0 aliphatic carbocycles. The van der Waals surface area contributed by atoms with E-state index in [0.29, 0.717) is 0 Å². The SMILES string of the molecule is c1cnc2ncc3c4cnccc4[nH]c3c2c1. The predicted octanol–water partition coefficient (Wildman–Crippen LogP) is 2.66. The molecule has 0 saturated carbocycles. The smallest absolute Gasteiger partial charge is 0.161 e. The monoisotopic (exact) mass is 220 g/mol. The average molecular weight is 220 g/mol. The second-order valence-electron chi connectivity index (χ2n) is 3.97. The number of nitrogens with one attached hydrogen (secondary N) is 1. The van der Waals surface area contributed by atoms with E-state index in [4.69, 9.17) is 0 Å². The first-order valence-electron chi connectivity index (χ1n) is 5.38. The summed E-state index contributed by atoms with van der Waals surface area (Å²) in [6, 6.07) is 5.92. The molecule has 0 amide bonds. The highest BCUT2D eigenvalue weighted by atomic mass is 14.8. The molecule has 0 fully saturated rings. The Kier molecular flexibility index (Phi) is 1.53. The molecule has 80 valence electrons. The number of aromatic amines is 1. The van der Waals surface area contributed by atoms with Gasteiger partial charge in [-0.15, -0.1) is 0 Å². The normalized spacial score (nSPS) is 11.5. The zero-order chi connectivity index (χ0) is 11.2. The summed E-state index contributed by atoms with van der Waals surface area (Å²) in [6.07, 6.45) is 7.25. The molecule has 4 heterocycles. The van der Waals surface area contributed by atoms with Gasteiger partial charge in [-0.25, -0.2) is 9.97 Å². The van der Waals surface area contributed by atoms with Gasteiger partial charge in [0.25, 0.3) is 0 Å². The third-order valence-electron chi connectivity index (χ3n) is 3.01. The lowest BCUT2D eigenvalue weighted by molar-refractivity contribution is 1.30. The summed E-state index contributed by atoms with van der Waals surface area (Å²) in [5.74, 6) is 0. The molecule has 0 aromatic carbocycles. The van der Waals surface area contributed by atoms with E-state index in [9.17, 15) is 0 Å². The van der Waals surface area contributed by atoms with Crippen molar-refractivity contribution in [3.8, 4) is 0 Å². The molecule has 17 heavy (non-hydrogen) atoms. The number of nitrogens with zero attached hydrogens (tertiary/aromatic N) is 3. The fraction of sp³-hybridized carbons (Fsp3) is 0. The van der Waals surface area contributed by atoms with Crippen molar-refractivity contribution in [3.05, 3.63) is 43.0 Å². The Balaban J connectivity index is 2.34. The Morgan fingerprint density at radius 1 is 0.882 bits per heavy atom. The minimum Gasteiger partial charge on any atom is -0.354 e.